The van der Waals surface area contributed by atoms with Gasteiger partial charge in [0.05, 0.1) is 11.2 Å². The normalized spacial score (nSPS) is 19.0. The molecule has 0 aliphatic rings. The summed E-state index contributed by atoms with van der Waals surface area (Å²) < 4.78 is 32.5. The van der Waals surface area contributed by atoms with E-state index in [0.29, 0.717) is 0 Å². The van der Waals surface area contributed by atoms with Crippen LogP contribution in [0.15, 0.2) is 11.1 Å². The highest BCUT2D eigenvalue weighted by Crippen LogP contribution is 2.30. The molecule has 2 nitrogen and oxygen atoms in total. The molecule has 0 bridgehead atoms. The number of hydrogen-bond acceptors (Lipinski definition) is 2. The molecule has 0 spiro atoms. The lowest BCUT2D eigenvalue weighted by molar-refractivity contribution is 0.0110. The third kappa shape index (κ3) is 3.62. The minimum Gasteiger partial charge on any atom is -0.374 e. The van der Waals surface area contributed by atoms with E-state index in [1.165, 1.54) is 0 Å². The summed E-state index contributed by atoms with van der Waals surface area (Å²) in [5.41, 5.74) is 1.05. The van der Waals surface area contributed by atoms with Crippen molar-refractivity contribution < 1.29 is 13.6 Å². The number of methoxy groups -OCH3 is 1. The van der Waals surface area contributed by atoms with Gasteiger partial charge in [0.2, 0.25) is 0 Å². The number of rotatable bonds is 5. The molecule has 0 saturated heterocycles. The van der Waals surface area contributed by atoms with Gasteiger partial charge in [-0.3, -0.25) is 0 Å². The fourth-order valence-electron chi connectivity index (χ4n) is 1.34. The van der Waals surface area contributed by atoms with Crippen LogP contribution < -0.4 is 0 Å². The summed E-state index contributed by atoms with van der Waals surface area (Å²) in [4.78, 5) is 0. The highest BCUT2D eigenvalue weighted by molar-refractivity contribution is 5.25. The van der Waals surface area contributed by atoms with E-state index in [1.54, 1.807) is 7.11 Å². The lowest BCUT2D eigenvalue weighted by atomic mass is 9.87. The lowest BCUT2D eigenvalue weighted by Crippen LogP contribution is -2.32. The fraction of sp³-hybridized carbons (Fsp3) is 0.846. The first-order valence-corrected chi connectivity index (χ1v) is 5.21. The first-order valence-electron chi connectivity index (χ1n) is 6.71. The third-order valence-corrected chi connectivity index (χ3v) is 3.31. The molecular formula is C13H26O2. The molecule has 90 valence electrons. The van der Waals surface area contributed by atoms with Crippen molar-refractivity contribution in [3.8, 4) is 0 Å². The molecule has 0 aromatic rings. The Morgan fingerprint density at radius 3 is 1.93 bits per heavy atom. The van der Waals surface area contributed by atoms with Crippen LogP contribution in [0.3, 0.4) is 0 Å². The van der Waals surface area contributed by atoms with Gasteiger partial charge in [0.25, 0.3) is 0 Å². The maximum Gasteiger partial charge on any atom is 0.0836 e. The summed E-state index contributed by atoms with van der Waals surface area (Å²) in [6.07, 6.45) is 0. The van der Waals surface area contributed by atoms with E-state index in [-0.39, 0.29) is 12.2 Å². The SMILES string of the molecule is [2H]C([2H])([2H])COC(C)(C)/C(C)=C(/C)C(C)(C)OC. The Hall–Kier alpha value is -0.340. The van der Waals surface area contributed by atoms with Crippen molar-refractivity contribution in [3.63, 3.8) is 0 Å². The Bertz CT molecular complexity index is 315. The highest BCUT2D eigenvalue weighted by Gasteiger charge is 2.28. The average Bonchev–Trinajstić information content (AvgIpc) is 2.23. The predicted molar refractivity (Wildman–Crippen MR) is 65.2 cm³/mol. The van der Waals surface area contributed by atoms with E-state index in [9.17, 15) is 0 Å². The predicted octanol–water partition coefficient (Wildman–Crippen LogP) is 3.56. The van der Waals surface area contributed by atoms with E-state index >= 15 is 0 Å². The molecule has 0 unspecified atom stereocenters. The quantitative estimate of drug-likeness (QED) is 0.656. The molecule has 0 amide bonds. The average molecular weight is 217 g/mol. The van der Waals surface area contributed by atoms with Crippen LogP contribution in [0, 0.1) is 0 Å². The second-order valence-corrected chi connectivity index (χ2v) is 4.76. The molecule has 0 aromatic heterocycles. The van der Waals surface area contributed by atoms with E-state index in [2.05, 4.69) is 0 Å². The molecule has 0 atom stereocenters. The molecule has 0 radical (unpaired) electrons. The van der Waals surface area contributed by atoms with Crippen LogP contribution in [-0.4, -0.2) is 24.9 Å². The molecule has 15 heavy (non-hydrogen) atoms. The monoisotopic (exact) mass is 217 g/mol. The zero-order valence-corrected chi connectivity index (χ0v) is 11.0. The molecule has 0 aliphatic heterocycles. The van der Waals surface area contributed by atoms with Crippen LogP contribution >= 0.6 is 0 Å². The van der Waals surface area contributed by atoms with E-state index in [0.717, 1.165) is 11.1 Å². The Kier molecular flexibility index (Phi) is 3.37. The molecule has 0 heterocycles. The Labute approximate surface area is 98.9 Å². The van der Waals surface area contributed by atoms with Gasteiger partial charge in [-0.05, 0) is 59.5 Å². The van der Waals surface area contributed by atoms with Gasteiger partial charge >= 0.3 is 0 Å². The summed E-state index contributed by atoms with van der Waals surface area (Å²) in [7, 11) is 1.66. The van der Waals surface area contributed by atoms with Crippen LogP contribution in [0.2, 0.25) is 0 Å². The zero-order chi connectivity index (χ0) is 14.8. The van der Waals surface area contributed by atoms with Crippen molar-refractivity contribution in [2.45, 2.75) is 59.6 Å². The largest absolute Gasteiger partial charge is 0.374 e. The van der Waals surface area contributed by atoms with Crippen LogP contribution in [0.1, 0.15) is 52.5 Å². The minimum absolute atomic E-state index is 0.252. The number of ether oxygens (including phenoxy) is 2. The molecular weight excluding hydrogens is 188 g/mol. The lowest BCUT2D eigenvalue weighted by Gasteiger charge is -2.33. The van der Waals surface area contributed by atoms with Gasteiger partial charge in [0.1, 0.15) is 0 Å². The zero-order valence-electron chi connectivity index (χ0n) is 14.0. The van der Waals surface area contributed by atoms with Gasteiger partial charge in [-0.2, -0.15) is 0 Å². The highest BCUT2D eigenvalue weighted by atomic mass is 16.5. The molecule has 0 saturated carbocycles. The van der Waals surface area contributed by atoms with Crippen molar-refractivity contribution in [2.24, 2.45) is 0 Å². The van der Waals surface area contributed by atoms with Gasteiger partial charge in [0, 0.05) is 17.8 Å². The summed E-state index contributed by atoms with van der Waals surface area (Å²) in [5, 5.41) is 0. The summed E-state index contributed by atoms with van der Waals surface area (Å²) in [6.45, 7) is 9.33. The second-order valence-electron chi connectivity index (χ2n) is 4.76. The van der Waals surface area contributed by atoms with Crippen LogP contribution in [0.5, 0.6) is 0 Å². The third-order valence-electron chi connectivity index (χ3n) is 3.31. The van der Waals surface area contributed by atoms with Crippen molar-refractivity contribution >= 4 is 0 Å². The van der Waals surface area contributed by atoms with Crippen molar-refractivity contribution in [1.29, 1.82) is 0 Å². The molecule has 0 rings (SSSR count). The second kappa shape index (κ2) is 5.13. The van der Waals surface area contributed by atoms with Gasteiger partial charge < -0.3 is 9.47 Å². The fourth-order valence-corrected chi connectivity index (χ4v) is 1.34. The van der Waals surface area contributed by atoms with Gasteiger partial charge in [0.15, 0.2) is 0 Å². The van der Waals surface area contributed by atoms with Crippen molar-refractivity contribution in [1.82, 2.24) is 0 Å². The number of hydrogen-bond donors (Lipinski definition) is 0. The maximum atomic E-state index is 7.19. The molecule has 2 heteroatoms. The van der Waals surface area contributed by atoms with Gasteiger partial charge in [-0.15, -0.1) is 0 Å². The van der Waals surface area contributed by atoms with Crippen LogP contribution in [0.25, 0.3) is 0 Å². The molecule has 0 fully saturated rings. The molecule has 0 aliphatic carbocycles. The standard InChI is InChI=1S/C13H26O2/c1-9-15-13(6,7)11(3)10(2)12(4,5)14-8/h9H2,1-8H3/b11-10-/i1D3. The summed E-state index contributed by atoms with van der Waals surface area (Å²) >= 11 is 0. The summed E-state index contributed by atoms with van der Waals surface area (Å²) in [6, 6.07) is 0. The Balaban J connectivity index is 5.05. The van der Waals surface area contributed by atoms with E-state index < -0.39 is 12.5 Å². The Morgan fingerprint density at radius 1 is 1.07 bits per heavy atom. The van der Waals surface area contributed by atoms with Crippen molar-refractivity contribution in [2.75, 3.05) is 13.7 Å². The van der Waals surface area contributed by atoms with E-state index in [4.69, 9.17) is 13.6 Å². The molecule has 0 aromatic carbocycles. The molecule has 0 N–H and O–H groups in total. The van der Waals surface area contributed by atoms with E-state index in [1.807, 2.05) is 41.5 Å². The van der Waals surface area contributed by atoms with Crippen molar-refractivity contribution in [3.05, 3.63) is 11.1 Å². The smallest absolute Gasteiger partial charge is 0.0836 e. The van der Waals surface area contributed by atoms with Crippen LogP contribution in [-0.2, 0) is 9.47 Å². The summed E-state index contributed by atoms with van der Waals surface area (Å²) in [5.74, 6) is 0. The van der Waals surface area contributed by atoms with Crippen LogP contribution in [0.4, 0.5) is 0 Å². The minimum atomic E-state index is -2.07. The topological polar surface area (TPSA) is 18.5 Å². The van der Waals surface area contributed by atoms with Gasteiger partial charge in [-0.1, -0.05) is 0 Å². The Morgan fingerprint density at radius 2 is 1.53 bits per heavy atom. The first-order chi connectivity index (χ1) is 7.83. The maximum absolute atomic E-state index is 7.19. The van der Waals surface area contributed by atoms with Gasteiger partial charge in [-0.25, -0.2) is 0 Å². The first kappa shape index (κ1) is 9.86.